The Morgan fingerprint density at radius 3 is 2.52 bits per heavy atom. The number of aromatic nitrogens is 1. The van der Waals surface area contributed by atoms with Crippen LogP contribution in [0.25, 0.3) is 0 Å². The first-order valence-corrected chi connectivity index (χ1v) is 10.8. The molecule has 0 spiro atoms. The molecule has 0 aliphatic rings. The van der Waals surface area contributed by atoms with Gasteiger partial charge in [0.25, 0.3) is 0 Å². The van der Waals surface area contributed by atoms with E-state index in [4.69, 9.17) is 9.47 Å². The Balaban J connectivity index is 1.83. The summed E-state index contributed by atoms with van der Waals surface area (Å²) in [7, 11) is 0. The van der Waals surface area contributed by atoms with Crippen molar-refractivity contribution in [1.82, 2.24) is 9.88 Å². The van der Waals surface area contributed by atoms with Crippen molar-refractivity contribution in [3.63, 3.8) is 0 Å². The molecular formula is C24H25BrN2O4. The largest absolute Gasteiger partial charge is 0.461 e. The lowest BCUT2D eigenvalue weighted by atomic mass is 9.92. The van der Waals surface area contributed by atoms with E-state index in [0.29, 0.717) is 12.2 Å². The summed E-state index contributed by atoms with van der Waals surface area (Å²) in [5, 5.41) is 2.99. The highest BCUT2D eigenvalue weighted by Crippen LogP contribution is 2.27. The Hall–Kier alpha value is -3.06. The number of carbonyl (C=O) groups is 2. The number of hydrogen-bond donors (Lipinski definition) is 1. The van der Waals surface area contributed by atoms with Gasteiger partial charge in [0.15, 0.2) is 0 Å². The number of benzene rings is 2. The molecule has 0 bridgehead atoms. The van der Waals surface area contributed by atoms with Crippen LogP contribution in [0.1, 0.15) is 35.5 Å². The minimum absolute atomic E-state index is 0.166. The summed E-state index contributed by atoms with van der Waals surface area (Å²) in [6.45, 7) is 4.43. The number of rotatable bonds is 8. The van der Waals surface area contributed by atoms with E-state index in [1.807, 2.05) is 61.5 Å². The number of ether oxygens (including phenoxy) is 2. The van der Waals surface area contributed by atoms with E-state index in [-0.39, 0.29) is 13.2 Å². The summed E-state index contributed by atoms with van der Waals surface area (Å²) >= 11 is 3.49. The molecule has 1 atom stereocenters. The molecule has 0 aliphatic heterocycles. The monoisotopic (exact) mass is 484 g/mol. The van der Waals surface area contributed by atoms with Crippen molar-refractivity contribution in [2.45, 2.75) is 32.5 Å². The van der Waals surface area contributed by atoms with Crippen LogP contribution in [0, 0.1) is 0 Å². The van der Waals surface area contributed by atoms with Crippen LogP contribution in [0.2, 0.25) is 0 Å². The number of amides is 1. The molecule has 7 heteroatoms. The lowest BCUT2D eigenvalue weighted by molar-refractivity contribution is 0.0511. The van der Waals surface area contributed by atoms with Gasteiger partial charge >= 0.3 is 12.1 Å². The minimum Gasteiger partial charge on any atom is -0.461 e. The number of nitrogens with zero attached hydrogens (tertiary/aromatic N) is 1. The predicted octanol–water partition coefficient (Wildman–Crippen LogP) is 5.27. The number of nitrogens with one attached hydrogen (secondary N) is 1. The smallest absolute Gasteiger partial charge is 0.408 e. The van der Waals surface area contributed by atoms with Crippen molar-refractivity contribution in [1.29, 1.82) is 0 Å². The Bertz CT molecular complexity index is 1030. The summed E-state index contributed by atoms with van der Waals surface area (Å²) in [4.78, 5) is 25.0. The Morgan fingerprint density at radius 1 is 1.03 bits per heavy atom. The van der Waals surface area contributed by atoms with E-state index in [1.165, 1.54) is 0 Å². The van der Waals surface area contributed by atoms with E-state index in [0.717, 1.165) is 15.6 Å². The van der Waals surface area contributed by atoms with Crippen molar-refractivity contribution in [2.75, 3.05) is 6.61 Å². The van der Waals surface area contributed by atoms with Gasteiger partial charge in [0.2, 0.25) is 0 Å². The Labute approximate surface area is 190 Å². The van der Waals surface area contributed by atoms with Crippen molar-refractivity contribution in [3.05, 3.63) is 94.2 Å². The number of hydrogen-bond acceptors (Lipinski definition) is 4. The summed E-state index contributed by atoms with van der Waals surface area (Å²) < 4.78 is 13.3. The van der Waals surface area contributed by atoms with Gasteiger partial charge in [0.1, 0.15) is 12.3 Å². The van der Waals surface area contributed by atoms with Crippen LogP contribution in [-0.4, -0.2) is 23.2 Å². The van der Waals surface area contributed by atoms with Crippen molar-refractivity contribution < 1.29 is 19.1 Å². The van der Waals surface area contributed by atoms with Crippen LogP contribution in [0.5, 0.6) is 0 Å². The van der Waals surface area contributed by atoms with Crippen LogP contribution in [0.15, 0.2) is 77.4 Å². The van der Waals surface area contributed by atoms with E-state index >= 15 is 0 Å². The highest BCUT2D eigenvalue weighted by molar-refractivity contribution is 9.10. The molecule has 31 heavy (non-hydrogen) atoms. The highest BCUT2D eigenvalue weighted by atomic mass is 79.9. The second-order valence-corrected chi connectivity index (χ2v) is 8.19. The van der Waals surface area contributed by atoms with Gasteiger partial charge in [-0.1, -0.05) is 58.4 Å². The van der Waals surface area contributed by atoms with E-state index < -0.39 is 17.6 Å². The molecule has 0 saturated heterocycles. The quantitative estimate of drug-likeness (QED) is 0.442. The zero-order chi connectivity index (χ0) is 22.3. The first-order valence-electron chi connectivity index (χ1n) is 9.98. The number of halogens is 1. The molecule has 3 rings (SSSR count). The van der Waals surface area contributed by atoms with Gasteiger partial charge in [0.05, 0.1) is 18.7 Å². The maximum absolute atomic E-state index is 12.7. The third-order valence-corrected chi connectivity index (χ3v) is 5.35. The number of carbonyl (C=O) groups excluding carboxylic acids is 2. The standard InChI is InChI=1S/C24H25BrN2O4/c1-3-30-22(28)21-13-8-14-27(21)17-24(2,19-11-7-12-20(25)15-19)26-23(29)31-16-18-9-5-4-6-10-18/h4-15H,3,16-17H2,1-2H3,(H,26,29)/t24-/m1/s1. The molecule has 0 radical (unpaired) electrons. The normalized spacial score (nSPS) is 12.6. The van der Waals surface area contributed by atoms with Crippen LogP contribution in [0.4, 0.5) is 4.79 Å². The molecule has 2 aromatic carbocycles. The average Bonchev–Trinajstić information content (AvgIpc) is 3.21. The van der Waals surface area contributed by atoms with Crippen LogP contribution in [0.3, 0.4) is 0 Å². The molecule has 0 unspecified atom stereocenters. The minimum atomic E-state index is -0.849. The maximum atomic E-state index is 12.7. The van der Waals surface area contributed by atoms with Gasteiger partial charge in [-0.25, -0.2) is 9.59 Å². The Kier molecular flexibility index (Phi) is 7.52. The zero-order valence-corrected chi connectivity index (χ0v) is 19.1. The third-order valence-electron chi connectivity index (χ3n) is 4.85. The van der Waals surface area contributed by atoms with Gasteiger partial charge in [-0.15, -0.1) is 0 Å². The molecule has 3 aromatic rings. The first-order chi connectivity index (χ1) is 14.9. The molecule has 1 aromatic heterocycles. The molecule has 1 heterocycles. The van der Waals surface area contributed by atoms with Crippen LogP contribution in [-0.2, 0) is 28.2 Å². The van der Waals surface area contributed by atoms with E-state index in [2.05, 4.69) is 21.2 Å². The second-order valence-electron chi connectivity index (χ2n) is 7.27. The van der Waals surface area contributed by atoms with Gasteiger partial charge in [-0.3, -0.25) is 0 Å². The lowest BCUT2D eigenvalue weighted by Crippen LogP contribution is -2.47. The fourth-order valence-corrected chi connectivity index (χ4v) is 3.70. The van der Waals surface area contributed by atoms with Gasteiger partial charge in [-0.05, 0) is 49.2 Å². The first kappa shape index (κ1) is 22.6. The highest BCUT2D eigenvalue weighted by Gasteiger charge is 2.31. The molecule has 1 N–H and O–H groups in total. The predicted molar refractivity (Wildman–Crippen MR) is 122 cm³/mol. The van der Waals surface area contributed by atoms with Gasteiger partial charge in [-0.2, -0.15) is 0 Å². The summed E-state index contributed by atoms with van der Waals surface area (Å²) in [5.74, 6) is -0.407. The molecule has 0 aliphatic carbocycles. The molecule has 162 valence electrons. The van der Waals surface area contributed by atoms with E-state index in [1.54, 1.807) is 29.8 Å². The fraction of sp³-hybridized carbons (Fsp3) is 0.250. The van der Waals surface area contributed by atoms with Crippen molar-refractivity contribution in [3.8, 4) is 0 Å². The molecule has 0 saturated carbocycles. The number of esters is 1. The number of alkyl carbamates (subject to hydrolysis) is 1. The second kappa shape index (κ2) is 10.3. The van der Waals surface area contributed by atoms with Crippen LogP contribution >= 0.6 is 15.9 Å². The molecule has 0 fully saturated rings. The van der Waals surface area contributed by atoms with Crippen LogP contribution < -0.4 is 5.32 Å². The SMILES string of the molecule is CCOC(=O)c1cccn1C[C@@](C)(NC(=O)OCc1ccccc1)c1cccc(Br)c1. The summed E-state index contributed by atoms with van der Waals surface area (Å²) in [6, 6.07) is 20.6. The Morgan fingerprint density at radius 2 is 1.81 bits per heavy atom. The lowest BCUT2D eigenvalue weighted by Gasteiger charge is -2.32. The molecule has 6 nitrogen and oxygen atoms in total. The van der Waals surface area contributed by atoms with Crippen molar-refractivity contribution >= 4 is 28.0 Å². The summed E-state index contributed by atoms with van der Waals surface area (Å²) in [6.07, 6.45) is 1.25. The topological polar surface area (TPSA) is 69.6 Å². The maximum Gasteiger partial charge on any atom is 0.408 e. The molecule has 1 amide bonds. The zero-order valence-electron chi connectivity index (χ0n) is 17.5. The van der Waals surface area contributed by atoms with Crippen molar-refractivity contribution in [2.24, 2.45) is 0 Å². The third kappa shape index (κ3) is 5.98. The molecular weight excluding hydrogens is 460 g/mol. The van der Waals surface area contributed by atoms with Gasteiger partial charge < -0.3 is 19.4 Å². The fourth-order valence-electron chi connectivity index (χ4n) is 3.30. The summed E-state index contributed by atoms with van der Waals surface area (Å²) in [5.41, 5.74) is 1.33. The average molecular weight is 485 g/mol. The van der Waals surface area contributed by atoms with E-state index in [9.17, 15) is 9.59 Å². The van der Waals surface area contributed by atoms with Gasteiger partial charge in [0, 0.05) is 10.7 Å².